The fourth-order valence-corrected chi connectivity index (χ4v) is 1.57. The second-order valence-electron chi connectivity index (χ2n) is 3.71. The molecule has 0 aliphatic heterocycles. The number of aromatic nitrogens is 2. The largest absolute Gasteiger partial charge is 0.389 e. The van der Waals surface area contributed by atoms with Gasteiger partial charge in [-0.25, -0.2) is 0 Å². The normalized spacial score (nSPS) is 12.9. The first-order chi connectivity index (χ1) is 7.63. The molecule has 2 heterocycles. The average Bonchev–Trinajstić information content (AvgIpc) is 2.70. The molecule has 2 aromatic heterocycles. The van der Waals surface area contributed by atoms with Crippen LogP contribution in [0.5, 0.6) is 0 Å². The van der Waals surface area contributed by atoms with E-state index in [-0.39, 0.29) is 11.7 Å². The number of nitrogens with zero attached hydrogens (tertiary/aromatic N) is 3. The SMILES string of the molecule is CC(CN)c1ccn2cnc([N+](=O)[O-])c2c1. The summed E-state index contributed by atoms with van der Waals surface area (Å²) in [6, 6.07) is 3.67. The maximum atomic E-state index is 10.7. The molecule has 6 heteroatoms. The van der Waals surface area contributed by atoms with Gasteiger partial charge in [0.1, 0.15) is 5.52 Å². The number of rotatable bonds is 3. The molecule has 2 rings (SSSR count). The molecule has 84 valence electrons. The van der Waals surface area contributed by atoms with Crippen molar-refractivity contribution in [2.45, 2.75) is 12.8 Å². The quantitative estimate of drug-likeness (QED) is 0.624. The van der Waals surface area contributed by atoms with E-state index in [4.69, 9.17) is 5.73 Å². The summed E-state index contributed by atoms with van der Waals surface area (Å²) >= 11 is 0. The van der Waals surface area contributed by atoms with Crippen molar-refractivity contribution in [3.05, 3.63) is 40.3 Å². The Hall–Kier alpha value is -1.95. The number of hydrogen-bond donors (Lipinski definition) is 1. The van der Waals surface area contributed by atoms with Crippen molar-refractivity contribution in [1.82, 2.24) is 9.38 Å². The van der Waals surface area contributed by atoms with Gasteiger partial charge < -0.3 is 15.8 Å². The molecule has 0 aromatic carbocycles. The Balaban J connectivity index is 2.58. The smallest absolute Gasteiger partial charge is 0.358 e. The van der Waals surface area contributed by atoms with Crippen LogP contribution in [-0.2, 0) is 0 Å². The van der Waals surface area contributed by atoms with Gasteiger partial charge in [0, 0.05) is 6.20 Å². The Morgan fingerprint density at radius 2 is 2.44 bits per heavy atom. The first-order valence-corrected chi connectivity index (χ1v) is 4.94. The zero-order valence-electron chi connectivity index (χ0n) is 8.83. The number of nitrogens with two attached hydrogens (primary N) is 1. The summed E-state index contributed by atoms with van der Waals surface area (Å²) in [5.74, 6) is 0.0607. The molecule has 0 saturated heterocycles. The zero-order valence-corrected chi connectivity index (χ0v) is 8.83. The summed E-state index contributed by atoms with van der Waals surface area (Å²) in [4.78, 5) is 14.0. The van der Waals surface area contributed by atoms with E-state index in [9.17, 15) is 10.1 Å². The third-order valence-corrected chi connectivity index (χ3v) is 2.64. The summed E-state index contributed by atoms with van der Waals surface area (Å²) in [7, 11) is 0. The highest BCUT2D eigenvalue weighted by atomic mass is 16.6. The van der Waals surface area contributed by atoms with Gasteiger partial charge in [-0.05, 0) is 40.1 Å². The fourth-order valence-electron chi connectivity index (χ4n) is 1.57. The van der Waals surface area contributed by atoms with Crippen LogP contribution in [0, 0.1) is 10.1 Å². The minimum atomic E-state index is -0.480. The van der Waals surface area contributed by atoms with Crippen molar-refractivity contribution in [2.75, 3.05) is 6.54 Å². The molecule has 0 bridgehead atoms. The minimum Gasteiger partial charge on any atom is -0.358 e. The Labute approximate surface area is 91.9 Å². The third kappa shape index (κ3) is 1.63. The molecule has 2 N–H and O–H groups in total. The lowest BCUT2D eigenvalue weighted by molar-refractivity contribution is -0.387. The molecule has 0 saturated carbocycles. The molecule has 0 radical (unpaired) electrons. The van der Waals surface area contributed by atoms with Crippen LogP contribution in [0.2, 0.25) is 0 Å². The molecule has 2 aromatic rings. The first-order valence-electron chi connectivity index (χ1n) is 4.94. The highest BCUT2D eigenvalue weighted by Gasteiger charge is 2.16. The third-order valence-electron chi connectivity index (χ3n) is 2.64. The van der Waals surface area contributed by atoms with Crippen LogP contribution >= 0.6 is 0 Å². The van der Waals surface area contributed by atoms with Gasteiger partial charge in [0.15, 0.2) is 0 Å². The van der Waals surface area contributed by atoms with Crippen LogP contribution in [0.15, 0.2) is 24.7 Å². The van der Waals surface area contributed by atoms with Gasteiger partial charge in [-0.15, -0.1) is 0 Å². The molecule has 0 amide bonds. The highest BCUT2D eigenvalue weighted by Crippen LogP contribution is 2.22. The van der Waals surface area contributed by atoms with Gasteiger partial charge >= 0.3 is 5.82 Å². The molecule has 0 fully saturated rings. The fraction of sp³-hybridized carbons (Fsp3) is 0.300. The van der Waals surface area contributed by atoms with Crippen molar-refractivity contribution < 1.29 is 4.92 Å². The molecule has 6 nitrogen and oxygen atoms in total. The second-order valence-corrected chi connectivity index (χ2v) is 3.71. The number of imidazole rings is 1. The summed E-state index contributed by atoms with van der Waals surface area (Å²) in [5, 5.41) is 10.7. The predicted octanol–water partition coefficient (Wildman–Crippen LogP) is 1.30. The van der Waals surface area contributed by atoms with Crippen LogP contribution in [0.3, 0.4) is 0 Å². The lowest BCUT2D eigenvalue weighted by atomic mass is 10.0. The predicted molar refractivity (Wildman–Crippen MR) is 59.3 cm³/mol. The van der Waals surface area contributed by atoms with Gasteiger partial charge in [0.05, 0.1) is 0 Å². The summed E-state index contributed by atoms with van der Waals surface area (Å²) in [5.41, 5.74) is 7.05. The second kappa shape index (κ2) is 3.90. The maximum absolute atomic E-state index is 10.7. The van der Waals surface area contributed by atoms with E-state index in [0.717, 1.165) is 5.56 Å². The van der Waals surface area contributed by atoms with Gasteiger partial charge in [-0.2, -0.15) is 0 Å². The van der Waals surface area contributed by atoms with Crippen molar-refractivity contribution in [3.8, 4) is 0 Å². The lowest BCUT2D eigenvalue weighted by Gasteiger charge is -2.08. The molecule has 0 spiro atoms. The molecule has 1 atom stereocenters. The molecular weight excluding hydrogens is 208 g/mol. The van der Waals surface area contributed by atoms with E-state index >= 15 is 0 Å². The van der Waals surface area contributed by atoms with E-state index in [2.05, 4.69) is 4.98 Å². The van der Waals surface area contributed by atoms with Crippen LogP contribution in [0.25, 0.3) is 5.52 Å². The molecular formula is C10H12N4O2. The zero-order chi connectivity index (χ0) is 11.7. The van der Waals surface area contributed by atoms with Gasteiger partial charge in [0.25, 0.3) is 0 Å². The standard InChI is InChI=1S/C10H12N4O2/c1-7(5-11)8-2-3-13-6-12-10(14(15)16)9(13)4-8/h2-4,6-7H,5,11H2,1H3. The molecule has 1 unspecified atom stereocenters. The van der Waals surface area contributed by atoms with Crippen molar-refractivity contribution in [3.63, 3.8) is 0 Å². The summed E-state index contributed by atoms with van der Waals surface area (Å²) in [6.07, 6.45) is 3.20. The summed E-state index contributed by atoms with van der Waals surface area (Å²) < 4.78 is 1.63. The minimum absolute atomic E-state index is 0.119. The Kier molecular flexibility index (Phi) is 2.57. The lowest BCUT2D eigenvalue weighted by Crippen LogP contribution is -2.09. The summed E-state index contributed by atoms with van der Waals surface area (Å²) in [6.45, 7) is 2.49. The van der Waals surface area contributed by atoms with E-state index < -0.39 is 4.92 Å². The van der Waals surface area contributed by atoms with Crippen molar-refractivity contribution in [1.29, 1.82) is 0 Å². The van der Waals surface area contributed by atoms with Gasteiger partial charge in [0.2, 0.25) is 6.33 Å². The number of hydrogen-bond acceptors (Lipinski definition) is 4. The van der Waals surface area contributed by atoms with E-state index in [0.29, 0.717) is 12.1 Å². The van der Waals surface area contributed by atoms with Crippen LogP contribution in [-0.4, -0.2) is 20.9 Å². The van der Waals surface area contributed by atoms with E-state index in [1.807, 2.05) is 13.0 Å². The van der Waals surface area contributed by atoms with Crippen molar-refractivity contribution >= 4 is 11.3 Å². The van der Waals surface area contributed by atoms with Crippen LogP contribution in [0.1, 0.15) is 18.4 Å². The topological polar surface area (TPSA) is 86.5 Å². The van der Waals surface area contributed by atoms with Gasteiger partial charge in [-0.1, -0.05) is 6.92 Å². The number of fused-ring (bicyclic) bond motifs is 1. The Morgan fingerprint density at radius 1 is 1.69 bits per heavy atom. The number of pyridine rings is 1. The molecule has 16 heavy (non-hydrogen) atoms. The Bertz CT molecular complexity index is 535. The molecule has 0 aliphatic rings. The Morgan fingerprint density at radius 3 is 3.06 bits per heavy atom. The maximum Gasteiger partial charge on any atom is 0.389 e. The number of nitro groups is 1. The monoisotopic (exact) mass is 220 g/mol. The van der Waals surface area contributed by atoms with Crippen LogP contribution in [0.4, 0.5) is 5.82 Å². The van der Waals surface area contributed by atoms with Crippen LogP contribution < -0.4 is 5.73 Å². The van der Waals surface area contributed by atoms with E-state index in [1.165, 1.54) is 6.33 Å². The van der Waals surface area contributed by atoms with Crippen molar-refractivity contribution in [2.24, 2.45) is 5.73 Å². The average molecular weight is 220 g/mol. The van der Waals surface area contributed by atoms with E-state index in [1.54, 1.807) is 16.7 Å². The first kappa shape index (κ1) is 10.6. The molecule has 0 aliphatic carbocycles. The highest BCUT2D eigenvalue weighted by molar-refractivity contribution is 5.62. The van der Waals surface area contributed by atoms with Gasteiger partial charge in [-0.3, -0.25) is 4.40 Å².